The molecule has 0 aromatic carbocycles. The highest BCUT2D eigenvalue weighted by atomic mass is 16.6. The lowest BCUT2D eigenvalue weighted by atomic mass is 10.2. The standard InChI is InChI=1S/C10H22N2O3/c1-7(8(2)14-6)11-12-9(13)15-10(3,4)5/h7-8,11H,1-6H3,(H,12,13). The zero-order valence-corrected chi connectivity index (χ0v) is 10.4. The van der Waals surface area contributed by atoms with Gasteiger partial charge in [-0.25, -0.2) is 10.2 Å². The van der Waals surface area contributed by atoms with Gasteiger partial charge in [-0.15, -0.1) is 0 Å². The second kappa shape index (κ2) is 5.92. The van der Waals surface area contributed by atoms with E-state index in [1.165, 1.54) is 0 Å². The van der Waals surface area contributed by atoms with Crippen LogP contribution in [0.15, 0.2) is 0 Å². The zero-order chi connectivity index (χ0) is 12.1. The Labute approximate surface area is 91.5 Å². The average molecular weight is 218 g/mol. The minimum atomic E-state index is -0.488. The molecule has 0 rings (SSSR count). The van der Waals surface area contributed by atoms with E-state index >= 15 is 0 Å². The normalized spacial score (nSPS) is 15.6. The Morgan fingerprint density at radius 1 is 1.27 bits per heavy atom. The first-order valence-corrected chi connectivity index (χ1v) is 5.03. The topological polar surface area (TPSA) is 59.6 Å². The monoisotopic (exact) mass is 218 g/mol. The van der Waals surface area contributed by atoms with Crippen LogP contribution >= 0.6 is 0 Å². The lowest BCUT2D eigenvalue weighted by molar-refractivity contribution is 0.0429. The van der Waals surface area contributed by atoms with Crippen LogP contribution in [0.4, 0.5) is 4.79 Å². The van der Waals surface area contributed by atoms with Gasteiger partial charge in [0.25, 0.3) is 0 Å². The van der Waals surface area contributed by atoms with Crippen LogP contribution in [0.5, 0.6) is 0 Å². The number of nitrogens with one attached hydrogen (secondary N) is 2. The molecular weight excluding hydrogens is 196 g/mol. The van der Waals surface area contributed by atoms with E-state index < -0.39 is 11.7 Å². The van der Waals surface area contributed by atoms with Gasteiger partial charge in [0.1, 0.15) is 5.60 Å². The first-order chi connectivity index (χ1) is 6.76. The molecule has 0 spiro atoms. The molecule has 2 atom stereocenters. The molecule has 0 aliphatic heterocycles. The molecule has 90 valence electrons. The number of hydrogen-bond donors (Lipinski definition) is 2. The van der Waals surface area contributed by atoms with Crippen molar-refractivity contribution in [3.05, 3.63) is 0 Å². The zero-order valence-electron chi connectivity index (χ0n) is 10.4. The van der Waals surface area contributed by atoms with Crippen molar-refractivity contribution < 1.29 is 14.3 Å². The fraction of sp³-hybridized carbons (Fsp3) is 0.900. The van der Waals surface area contributed by atoms with Crippen LogP contribution in [0.25, 0.3) is 0 Å². The van der Waals surface area contributed by atoms with E-state index in [1.54, 1.807) is 7.11 Å². The molecule has 0 saturated heterocycles. The maximum atomic E-state index is 11.2. The van der Waals surface area contributed by atoms with E-state index in [0.717, 1.165) is 0 Å². The largest absolute Gasteiger partial charge is 0.443 e. The average Bonchev–Trinajstić information content (AvgIpc) is 2.10. The summed E-state index contributed by atoms with van der Waals surface area (Å²) in [7, 11) is 1.62. The molecule has 0 aromatic rings. The second-order valence-electron chi connectivity index (χ2n) is 4.50. The fourth-order valence-electron chi connectivity index (χ4n) is 0.798. The predicted molar refractivity (Wildman–Crippen MR) is 58.4 cm³/mol. The smallest absolute Gasteiger partial charge is 0.422 e. The van der Waals surface area contributed by atoms with Crippen molar-refractivity contribution in [1.82, 2.24) is 10.9 Å². The van der Waals surface area contributed by atoms with Gasteiger partial charge in [0.05, 0.1) is 6.10 Å². The van der Waals surface area contributed by atoms with Gasteiger partial charge in [-0.2, -0.15) is 0 Å². The molecule has 15 heavy (non-hydrogen) atoms. The highest BCUT2D eigenvalue weighted by Gasteiger charge is 2.17. The van der Waals surface area contributed by atoms with Crippen molar-refractivity contribution in [1.29, 1.82) is 0 Å². The van der Waals surface area contributed by atoms with Crippen LogP contribution in [-0.2, 0) is 9.47 Å². The minimum absolute atomic E-state index is 0.0138. The van der Waals surface area contributed by atoms with Crippen molar-refractivity contribution in [3.63, 3.8) is 0 Å². The molecule has 1 amide bonds. The van der Waals surface area contributed by atoms with Crippen LogP contribution in [0, 0.1) is 0 Å². The molecule has 0 saturated carbocycles. The van der Waals surface area contributed by atoms with E-state index in [4.69, 9.17) is 9.47 Å². The van der Waals surface area contributed by atoms with Gasteiger partial charge in [-0.05, 0) is 34.6 Å². The first kappa shape index (κ1) is 14.2. The van der Waals surface area contributed by atoms with Crippen LogP contribution in [0.3, 0.4) is 0 Å². The summed E-state index contributed by atoms with van der Waals surface area (Å²) in [6, 6.07) is 0.0162. The van der Waals surface area contributed by atoms with Gasteiger partial charge in [0, 0.05) is 13.2 Å². The summed E-state index contributed by atoms with van der Waals surface area (Å²) in [5.74, 6) is 0. The van der Waals surface area contributed by atoms with E-state index in [0.29, 0.717) is 0 Å². The Bertz CT molecular complexity index is 201. The Balaban J connectivity index is 3.81. The number of carbonyl (C=O) groups excluding carboxylic acids is 1. The highest BCUT2D eigenvalue weighted by molar-refractivity contribution is 5.67. The predicted octanol–water partition coefficient (Wildman–Crippen LogP) is 1.44. The van der Waals surface area contributed by atoms with Crippen LogP contribution in [0.1, 0.15) is 34.6 Å². The molecule has 0 aliphatic carbocycles. The lowest BCUT2D eigenvalue weighted by Crippen LogP contribution is -2.49. The van der Waals surface area contributed by atoms with Gasteiger partial charge in [-0.1, -0.05) is 0 Å². The molecule has 0 radical (unpaired) electrons. The summed E-state index contributed by atoms with van der Waals surface area (Å²) in [5, 5.41) is 0. The SMILES string of the molecule is COC(C)C(C)NNC(=O)OC(C)(C)C. The van der Waals surface area contributed by atoms with Gasteiger partial charge in [0.15, 0.2) is 0 Å². The number of hydrazine groups is 1. The minimum Gasteiger partial charge on any atom is -0.443 e. The summed E-state index contributed by atoms with van der Waals surface area (Å²) in [6.07, 6.45) is -0.474. The molecule has 0 aromatic heterocycles. The number of hydrogen-bond acceptors (Lipinski definition) is 4. The molecule has 2 unspecified atom stereocenters. The van der Waals surface area contributed by atoms with Crippen LogP contribution in [0.2, 0.25) is 0 Å². The summed E-state index contributed by atoms with van der Waals surface area (Å²) in [5.41, 5.74) is 4.78. The van der Waals surface area contributed by atoms with Gasteiger partial charge < -0.3 is 9.47 Å². The third-order valence-electron chi connectivity index (χ3n) is 1.88. The van der Waals surface area contributed by atoms with Gasteiger partial charge in [-0.3, -0.25) is 5.43 Å². The molecular formula is C10H22N2O3. The third kappa shape index (κ3) is 7.16. The Morgan fingerprint density at radius 3 is 2.20 bits per heavy atom. The molecule has 0 heterocycles. The fourth-order valence-corrected chi connectivity index (χ4v) is 0.798. The molecule has 2 N–H and O–H groups in total. The van der Waals surface area contributed by atoms with Gasteiger partial charge in [0.2, 0.25) is 0 Å². The number of methoxy groups -OCH3 is 1. The summed E-state index contributed by atoms with van der Waals surface area (Å²) in [6.45, 7) is 9.26. The molecule has 0 aliphatic rings. The van der Waals surface area contributed by atoms with Crippen LogP contribution in [-0.4, -0.2) is 30.9 Å². The molecule has 5 nitrogen and oxygen atoms in total. The van der Waals surface area contributed by atoms with E-state index in [9.17, 15) is 4.79 Å². The summed E-state index contributed by atoms with van der Waals surface area (Å²) >= 11 is 0. The van der Waals surface area contributed by atoms with Crippen LogP contribution < -0.4 is 10.9 Å². The number of ether oxygens (including phenoxy) is 2. The highest BCUT2D eigenvalue weighted by Crippen LogP contribution is 2.06. The second-order valence-corrected chi connectivity index (χ2v) is 4.50. The Kier molecular flexibility index (Phi) is 5.60. The lowest BCUT2D eigenvalue weighted by Gasteiger charge is -2.23. The number of amides is 1. The summed E-state index contributed by atoms with van der Waals surface area (Å²) < 4.78 is 10.1. The van der Waals surface area contributed by atoms with Gasteiger partial charge >= 0.3 is 6.09 Å². The Morgan fingerprint density at radius 2 is 1.80 bits per heavy atom. The van der Waals surface area contributed by atoms with Crippen molar-refractivity contribution in [2.45, 2.75) is 52.4 Å². The maximum absolute atomic E-state index is 11.2. The third-order valence-corrected chi connectivity index (χ3v) is 1.88. The van der Waals surface area contributed by atoms with Crippen molar-refractivity contribution >= 4 is 6.09 Å². The van der Waals surface area contributed by atoms with Crippen molar-refractivity contribution in [2.75, 3.05) is 7.11 Å². The molecule has 0 bridgehead atoms. The van der Waals surface area contributed by atoms with E-state index in [1.807, 2.05) is 34.6 Å². The molecule has 0 fully saturated rings. The maximum Gasteiger partial charge on any atom is 0.422 e. The number of rotatable bonds is 4. The first-order valence-electron chi connectivity index (χ1n) is 5.03. The molecule has 5 heteroatoms. The van der Waals surface area contributed by atoms with E-state index in [-0.39, 0.29) is 12.1 Å². The van der Waals surface area contributed by atoms with E-state index in [2.05, 4.69) is 10.9 Å². The van der Waals surface area contributed by atoms with Crippen molar-refractivity contribution in [3.8, 4) is 0 Å². The Hall–Kier alpha value is -0.810. The van der Waals surface area contributed by atoms with Crippen molar-refractivity contribution in [2.24, 2.45) is 0 Å². The summed E-state index contributed by atoms with van der Waals surface area (Å²) in [4.78, 5) is 11.2. The number of carbonyl (C=O) groups is 1. The quantitative estimate of drug-likeness (QED) is 0.701.